The Morgan fingerprint density at radius 3 is 2.37 bits per heavy atom. The molecule has 3 amide bonds. The van der Waals surface area contributed by atoms with Gasteiger partial charge in [-0.05, 0) is 24.3 Å². The van der Waals surface area contributed by atoms with E-state index < -0.39 is 40.4 Å². The number of rotatable bonds is 7. The maximum Gasteiger partial charge on any atom is 0.435 e. The summed E-state index contributed by atoms with van der Waals surface area (Å²) >= 11 is 6.44. The van der Waals surface area contributed by atoms with Crippen LogP contribution in [0.1, 0.15) is 33.1 Å². The molecule has 0 unspecified atom stereocenters. The number of aromatic nitrogens is 5. The fourth-order valence-corrected chi connectivity index (χ4v) is 6.49. The van der Waals surface area contributed by atoms with E-state index in [0.717, 1.165) is 35.4 Å². The molecule has 5 heterocycles. The molecule has 2 aliphatic rings. The number of anilines is 1. The summed E-state index contributed by atoms with van der Waals surface area (Å²) in [6.45, 7) is 1.80. The van der Waals surface area contributed by atoms with Gasteiger partial charge in [0.15, 0.2) is 23.4 Å². The molecule has 6 rings (SSSR count). The number of nitrogens with one attached hydrogen (secondary N) is 2. The smallest absolute Gasteiger partial charge is 0.386 e. The van der Waals surface area contributed by atoms with E-state index in [4.69, 9.17) is 11.6 Å². The number of carbonyl (C=O) groups is 3. The number of imidazole rings is 1. The highest BCUT2D eigenvalue weighted by atomic mass is 35.5. The Morgan fingerprint density at radius 2 is 1.78 bits per heavy atom. The van der Waals surface area contributed by atoms with Crippen LogP contribution >= 0.6 is 11.6 Å². The first-order valence-electron chi connectivity index (χ1n) is 15.6. The Kier molecular flexibility index (Phi) is 9.29. The second-order valence-corrected chi connectivity index (χ2v) is 13.1. The zero-order valence-corrected chi connectivity index (χ0v) is 27.9. The minimum absolute atomic E-state index is 0.0339. The lowest BCUT2D eigenvalue weighted by Gasteiger charge is -2.39. The molecule has 0 saturated carbocycles. The van der Waals surface area contributed by atoms with E-state index in [-0.39, 0.29) is 64.2 Å². The lowest BCUT2D eigenvalue weighted by molar-refractivity contribution is -0.895. The van der Waals surface area contributed by atoms with Gasteiger partial charge in [0.2, 0.25) is 0 Å². The summed E-state index contributed by atoms with van der Waals surface area (Å²) in [5.74, 6) is -1.79. The number of alkyl halides is 3. The number of halogens is 4. The molecule has 2 aliphatic heterocycles. The number of amides is 3. The Morgan fingerprint density at radius 1 is 1.08 bits per heavy atom. The number of aliphatic hydroxyl groups is 1. The van der Waals surface area contributed by atoms with Gasteiger partial charge in [-0.2, -0.15) is 18.3 Å². The number of carbonyl (C=O) groups excluding carboxylic acids is 3. The van der Waals surface area contributed by atoms with Gasteiger partial charge in [-0.25, -0.2) is 14.6 Å². The van der Waals surface area contributed by atoms with Crippen LogP contribution in [0.4, 0.5) is 24.5 Å². The number of aromatic amines is 1. The minimum atomic E-state index is -4.91. The number of hydrogen-bond acceptors (Lipinski definition) is 9. The molecule has 0 radical (unpaired) electrons. The van der Waals surface area contributed by atoms with Crippen LogP contribution in [0.3, 0.4) is 0 Å². The van der Waals surface area contributed by atoms with Gasteiger partial charge in [0.1, 0.15) is 12.3 Å². The number of likely N-dealkylation sites (tertiary alicyclic amines) is 1. The highest BCUT2D eigenvalue weighted by Gasteiger charge is 2.48. The Labute approximate surface area is 292 Å². The number of aliphatic hydroxyl groups excluding tert-OH is 1. The molecular formula is C31H31ClF3N10O6+. The molecule has 0 spiro atoms. The third kappa shape index (κ3) is 7.12. The van der Waals surface area contributed by atoms with Crippen molar-refractivity contribution in [3.63, 3.8) is 0 Å². The summed E-state index contributed by atoms with van der Waals surface area (Å²) < 4.78 is 42.9. The van der Waals surface area contributed by atoms with Crippen molar-refractivity contribution in [3.05, 3.63) is 81.1 Å². The summed E-state index contributed by atoms with van der Waals surface area (Å²) in [6.07, 6.45) is -2.19. The summed E-state index contributed by atoms with van der Waals surface area (Å²) in [5.41, 5.74) is -1.97. The van der Waals surface area contributed by atoms with Crippen molar-refractivity contribution < 1.29 is 42.1 Å². The summed E-state index contributed by atoms with van der Waals surface area (Å²) in [7, 11) is 3.82. The Balaban J connectivity index is 1.11. The standard InChI is InChI=1S/C31H30ClF3N10O6/c1-45(2)12-7-23(46)25(45)30(49)42-10-8-41(9-11-42)29(48)19-5-3-17(13-21(19)32)38-28(47)27-37-15-22(39-27)20-16-43(40-26(20)31(33,34)35)24-6-4-18(14-36-24)44(50)51/h3-6,13-16,23,25,46H,7-12H2,1-2H3,(H-,37,38,39,47,48)/p+1/t23-,25-/m0/s1. The average molecular weight is 732 g/mol. The number of piperazine rings is 1. The van der Waals surface area contributed by atoms with Crippen molar-refractivity contribution in [1.29, 1.82) is 0 Å². The lowest BCUT2D eigenvalue weighted by atomic mass is 10.1. The van der Waals surface area contributed by atoms with E-state index in [1.165, 1.54) is 18.2 Å². The number of benzene rings is 1. The number of nitrogens with zero attached hydrogens (tertiary/aromatic N) is 8. The highest BCUT2D eigenvalue weighted by Crippen LogP contribution is 2.36. The van der Waals surface area contributed by atoms with Gasteiger partial charge in [-0.15, -0.1) is 0 Å². The molecule has 268 valence electrons. The van der Waals surface area contributed by atoms with E-state index >= 15 is 0 Å². The predicted molar refractivity (Wildman–Crippen MR) is 174 cm³/mol. The predicted octanol–water partition coefficient (Wildman–Crippen LogP) is 2.98. The number of hydrogen-bond donors (Lipinski definition) is 3. The number of H-pyrrole nitrogens is 1. The van der Waals surface area contributed by atoms with E-state index in [1.54, 1.807) is 9.80 Å². The van der Waals surface area contributed by atoms with Crippen molar-refractivity contribution >= 4 is 40.7 Å². The average Bonchev–Trinajstić information content (AvgIpc) is 3.82. The van der Waals surface area contributed by atoms with Gasteiger partial charge >= 0.3 is 6.18 Å². The number of quaternary nitrogens is 1. The van der Waals surface area contributed by atoms with Crippen LogP contribution in [0.2, 0.25) is 5.02 Å². The molecule has 3 aromatic heterocycles. The Hall–Kier alpha value is -5.40. The molecule has 2 atom stereocenters. The number of pyridine rings is 1. The second kappa shape index (κ2) is 13.4. The first-order chi connectivity index (χ1) is 24.0. The normalized spacial score (nSPS) is 18.9. The van der Waals surface area contributed by atoms with E-state index in [9.17, 15) is 42.8 Å². The van der Waals surface area contributed by atoms with Gasteiger partial charge < -0.3 is 29.7 Å². The van der Waals surface area contributed by atoms with Crippen LogP contribution in [0.5, 0.6) is 0 Å². The van der Waals surface area contributed by atoms with Crippen molar-refractivity contribution in [2.24, 2.45) is 0 Å². The SMILES string of the molecule is C[N+]1(C)CC[C@H](O)[C@H]1C(=O)N1CCN(C(=O)c2ccc(NC(=O)c3ncc(-c4cn(-c5ccc([N+](=O)[O-])cn5)nc4C(F)(F)F)[nH]3)cc2Cl)CC1. The zero-order valence-electron chi connectivity index (χ0n) is 27.1. The molecule has 2 saturated heterocycles. The minimum Gasteiger partial charge on any atom is -0.386 e. The molecule has 1 aromatic carbocycles. The van der Waals surface area contributed by atoms with Crippen molar-refractivity contribution in [3.8, 4) is 17.1 Å². The monoisotopic (exact) mass is 731 g/mol. The maximum absolute atomic E-state index is 13.9. The van der Waals surface area contributed by atoms with E-state index in [2.05, 4.69) is 25.4 Å². The fourth-order valence-electron chi connectivity index (χ4n) is 6.23. The molecule has 20 heteroatoms. The molecule has 0 bridgehead atoms. The summed E-state index contributed by atoms with van der Waals surface area (Å²) in [5, 5.41) is 27.4. The second-order valence-electron chi connectivity index (χ2n) is 12.7. The third-order valence-electron chi connectivity index (χ3n) is 8.95. The van der Waals surface area contributed by atoms with E-state index in [0.29, 0.717) is 30.5 Å². The molecule has 0 aliphatic carbocycles. The summed E-state index contributed by atoms with van der Waals surface area (Å²) in [4.78, 5) is 63.2. The van der Waals surface area contributed by atoms with Crippen LogP contribution in [0, 0.1) is 10.1 Å². The van der Waals surface area contributed by atoms with Gasteiger partial charge in [0, 0.05) is 50.6 Å². The molecule has 2 fully saturated rings. The topological polar surface area (TPSA) is 192 Å². The number of nitro groups is 1. The van der Waals surface area contributed by atoms with Crippen LogP contribution in [-0.2, 0) is 11.0 Å². The van der Waals surface area contributed by atoms with Crippen molar-refractivity contribution in [2.75, 3.05) is 52.1 Å². The number of likely N-dealkylation sites (N-methyl/N-ethyl adjacent to an activating group) is 1. The van der Waals surface area contributed by atoms with Crippen molar-refractivity contribution in [2.45, 2.75) is 24.7 Å². The first kappa shape index (κ1) is 35.4. The third-order valence-corrected chi connectivity index (χ3v) is 9.26. The highest BCUT2D eigenvalue weighted by molar-refractivity contribution is 6.34. The first-order valence-corrected chi connectivity index (χ1v) is 15.9. The molecule has 51 heavy (non-hydrogen) atoms. The molecule has 3 N–H and O–H groups in total. The maximum atomic E-state index is 13.9. The van der Waals surface area contributed by atoms with E-state index in [1.807, 2.05) is 14.1 Å². The Bertz CT molecular complexity index is 2010. The summed E-state index contributed by atoms with van der Waals surface area (Å²) in [6, 6.07) is 5.86. The van der Waals surface area contributed by atoms with Gasteiger partial charge in [-0.1, -0.05) is 11.6 Å². The zero-order chi connectivity index (χ0) is 36.8. The van der Waals surface area contributed by atoms with Crippen LogP contribution < -0.4 is 5.32 Å². The molecular weight excluding hydrogens is 701 g/mol. The lowest BCUT2D eigenvalue weighted by Crippen LogP contribution is -2.60. The van der Waals surface area contributed by atoms with Gasteiger partial charge in [0.25, 0.3) is 23.4 Å². The fraction of sp³-hybridized carbons (Fsp3) is 0.355. The van der Waals surface area contributed by atoms with Crippen LogP contribution in [0.15, 0.2) is 48.9 Å². The quantitative estimate of drug-likeness (QED) is 0.146. The van der Waals surface area contributed by atoms with Gasteiger partial charge in [-0.3, -0.25) is 24.5 Å². The van der Waals surface area contributed by atoms with Gasteiger partial charge in [0.05, 0.1) is 53.6 Å². The van der Waals surface area contributed by atoms with Crippen LogP contribution in [-0.4, -0.2) is 126 Å². The molecule has 4 aromatic rings. The largest absolute Gasteiger partial charge is 0.435 e. The van der Waals surface area contributed by atoms with Crippen molar-refractivity contribution in [1.82, 2.24) is 34.5 Å². The molecule has 16 nitrogen and oxygen atoms in total. The van der Waals surface area contributed by atoms with Crippen LogP contribution in [0.25, 0.3) is 17.1 Å².